The first-order valence-electron chi connectivity index (χ1n) is 6.17. The number of rotatable bonds is 3. The Morgan fingerprint density at radius 2 is 2.00 bits per heavy atom. The van der Waals surface area contributed by atoms with Crippen LogP contribution in [-0.2, 0) is 0 Å². The number of aliphatic hydroxyl groups is 1. The van der Waals surface area contributed by atoms with Gasteiger partial charge in [0.15, 0.2) is 5.78 Å². The molecule has 0 unspecified atom stereocenters. The molecule has 3 nitrogen and oxygen atoms in total. The molecule has 98 valence electrons. The maximum atomic E-state index is 12.4. The fourth-order valence-corrected chi connectivity index (χ4v) is 2.63. The summed E-state index contributed by atoms with van der Waals surface area (Å²) in [6.07, 6.45) is 3.95. The largest absolute Gasteiger partial charge is 0.495 e. The van der Waals surface area contributed by atoms with Gasteiger partial charge in [0.25, 0.3) is 0 Å². The van der Waals surface area contributed by atoms with Gasteiger partial charge in [-0.25, -0.2) is 0 Å². The fraction of sp³-hybridized carbons (Fsp3) is 0.500. The second-order valence-corrected chi connectivity index (χ2v) is 5.18. The van der Waals surface area contributed by atoms with E-state index in [1.165, 1.54) is 7.11 Å². The molecule has 0 atom stereocenters. The van der Waals surface area contributed by atoms with Crippen LogP contribution in [0.1, 0.15) is 42.5 Å². The van der Waals surface area contributed by atoms with Crippen LogP contribution in [-0.4, -0.2) is 23.6 Å². The normalized spacial score (nSPS) is 18.4. The van der Waals surface area contributed by atoms with Gasteiger partial charge in [0, 0.05) is 5.56 Å². The monoisotopic (exact) mass is 268 g/mol. The van der Waals surface area contributed by atoms with Crippen LogP contribution in [0.25, 0.3) is 0 Å². The Hall–Kier alpha value is -1.06. The smallest absolute Gasteiger partial charge is 0.194 e. The first kappa shape index (κ1) is 13.4. The Labute approximate surface area is 112 Å². The van der Waals surface area contributed by atoms with Crippen molar-refractivity contribution < 1.29 is 14.6 Å². The minimum absolute atomic E-state index is 0.225. The summed E-state index contributed by atoms with van der Waals surface area (Å²) >= 11 is 5.92. The highest BCUT2D eigenvalue weighted by molar-refractivity contribution is 6.32. The van der Waals surface area contributed by atoms with Crippen molar-refractivity contribution in [3.8, 4) is 5.75 Å². The van der Waals surface area contributed by atoms with E-state index in [0.717, 1.165) is 19.3 Å². The Morgan fingerprint density at radius 1 is 1.33 bits per heavy atom. The lowest BCUT2D eigenvalue weighted by molar-refractivity contribution is 0.0116. The molecular weight excluding hydrogens is 252 g/mol. The summed E-state index contributed by atoms with van der Waals surface area (Å²) in [4.78, 5) is 12.4. The Bertz CT molecular complexity index is 450. The van der Waals surface area contributed by atoms with Gasteiger partial charge in [-0.3, -0.25) is 4.79 Å². The van der Waals surface area contributed by atoms with Crippen LogP contribution in [0.2, 0.25) is 5.02 Å². The van der Waals surface area contributed by atoms with Crippen molar-refractivity contribution in [1.82, 2.24) is 0 Å². The van der Waals surface area contributed by atoms with Crippen molar-refractivity contribution in [3.63, 3.8) is 0 Å². The highest BCUT2D eigenvalue weighted by Gasteiger charge is 2.37. The van der Waals surface area contributed by atoms with Crippen molar-refractivity contribution in [2.75, 3.05) is 7.11 Å². The van der Waals surface area contributed by atoms with E-state index in [9.17, 15) is 9.90 Å². The van der Waals surface area contributed by atoms with E-state index in [1.807, 2.05) is 0 Å². The molecule has 1 aromatic rings. The molecule has 1 aromatic carbocycles. The first-order valence-corrected chi connectivity index (χ1v) is 6.55. The summed E-state index contributed by atoms with van der Waals surface area (Å²) in [5.41, 5.74) is -0.752. The van der Waals surface area contributed by atoms with Crippen LogP contribution >= 0.6 is 11.6 Å². The summed E-state index contributed by atoms with van der Waals surface area (Å²) in [6, 6.07) is 4.86. The summed E-state index contributed by atoms with van der Waals surface area (Å²) in [5.74, 6) is 0.235. The van der Waals surface area contributed by atoms with Gasteiger partial charge in [0.2, 0.25) is 0 Å². The number of Topliss-reactive ketones (excluding diaryl/α,β-unsaturated/α-hetero) is 1. The lowest BCUT2D eigenvalue weighted by Gasteiger charge is -2.30. The summed E-state index contributed by atoms with van der Waals surface area (Å²) in [7, 11) is 1.50. The maximum absolute atomic E-state index is 12.4. The zero-order valence-electron chi connectivity index (χ0n) is 10.4. The molecule has 0 saturated heterocycles. The minimum atomic E-state index is -1.21. The number of ketones is 1. The van der Waals surface area contributed by atoms with E-state index in [0.29, 0.717) is 29.2 Å². The molecule has 0 bridgehead atoms. The van der Waals surface area contributed by atoms with Gasteiger partial charge in [-0.2, -0.15) is 0 Å². The Morgan fingerprint density at radius 3 is 2.61 bits per heavy atom. The third-order valence-electron chi connectivity index (χ3n) is 3.52. The molecule has 1 aliphatic carbocycles. The summed E-state index contributed by atoms with van der Waals surface area (Å²) in [5, 5.41) is 10.9. The Kier molecular flexibility index (Phi) is 3.93. The molecule has 1 N–H and O–H groups in total. The maximum Gasteiger partial charge on any atom is 0.194 e. The predicted octanol–water partition coefficient (Wildman–Crippen LogP) is 3.23. The molecule has 0 heterocycles. The van der Waals surface area contributed by atoms with Gasteiger partial charge in [-0.15, -0.1) is 0 Å². The standard InChI is InChI=1S/C14H17ClO3/c1-18-12-9-10(5-6-11(12)15)13(16)14(17)7-3-2-4-8-14/h5-6,9,17H,2-4,7-8H2,1H3. The van der Waals surface area contributed by atoms with E-state index in [4.69, 9.17) is 16.3 Å². The highest BCUT2D eigenvalue weighted by atomic mass is 35.5. The molecule has 18 heavy (non-hydrogen) atoms. The molecule has 4 heteroatoms. The van der Waals surface area contributed by atoms with Crippen molar-refractivity contribution in [2.24, 2.45) is 0 Å². The van der Waals surface area contributed by atoms with Gasteiger partial charge >= 0.3 is 0 Å². The number of ether oxygens (including phenoxy) is 1. The van der Waals surface area contributed by atoms with Gasteiger partial charge < -0.3 is 9.84 Å². The Balaban J connectivity index is 2.27. The van der Waals surface area contributed by atoms with Gasteiger partial charge in [-0.05, 0) is 31.0 Å². The molecule has 2 rings (SSSR count). The number of carbonyl (C=O) groups is 1. The average Bonchev–Trinajstić information content (AvgIpc) is 2.39. The minimum Gasteiger partial charge on any atom is -0.495 e. The van der Waals surface area contributed by atoms with E-state index in [2.05, 4.69) is 0 Å². The van der Waals surface area contributed by atoms with E-state index in [-0.39, 0.29) is 5.78 Å². The van der Waals surface area contributed by atoms with E-state index < -0.39 is 5.60 Å². The van der Waals surface area contributed by atoms with Crippen LogP contribution in [0.3, 0.4) is 0 Å². The third kappa shape index (κ3) is 2.52. The van der Waals surface area contributed by atoms with Crippen molar-refractivity contribution in [1.29, 1.82) is 0 Å². The highest BCUT2D eigenvalue weighted by Crippen LogP contribution is 2.33. The zero-order chi connectivity index (χ0) is 13.2. The zero-order valence-corrected chi connectivity index (χ0v) is 11.2. The third-order valence-corrected chi connectivity index (χ3v) is 3.83. The molecule has 1 fully saturated rings. The number of methoxy groups -OCH3 is 1. The summed E-state index contributed by atoms with van der Waals surface area (Å²) < 4.78 is 5.09. The van der Waals surface area contributed by atoms with E-state index >= 15 is 0 Å². The number of halogens is 1. The molecule has 0 radical (unpaired) electrons. The molecule has 0 spiro atoms. The van der Waals surface area contributed by atoms with Crippen LogP contribution in [0, 0.1) is 0 Å². The number of carbonyl (C=O) groups excluding carboxylic acids is 1. The van der Waals surface area contributed by atoms with Crippen molar-refractivity contribution in [2.45, 2.75) is 37.7 Å². The van der Waals surface area contributed by atoms with Crippen LogP contribution in [0.5, 0.6) is 5.75 Å². The van der Waals surface area contributed by atoms with Crippen molar-refractivity contribution in [3.05, 3.63) is 28.8 Å². The second kappa shape index (κ2) is 5.29. The molecule has 1 aliphatic rings. The molecule has 1 saturated carbocycles. The average molecular weight is 269 g/mol. The SMILES string of the molecule is COc1cc(C(=O)C2(O)CCCCC2)ccc1Cl. The quantitative estimate of drug-likeness (QED) is 0.856. The fourth-order valence-electron chi connectivity index (χ4n) is 2.43. The van der Waals surface area contributed by atoms with Crippen LogP contribution in [0.4, 0.5) is 0 Å². The van der Waals surface area contributed by atoms with Gasteiger partial charge in [-0.1, -0.05) is 30.9 Å². The number of hydrogen-bond acceptors (Lipinski definition) is 3. The molecule has 0 amide bonds. The van der Waals surface area contributed by atoms with Crippen molar-refractivity contribution >= 4 is 17.4 Å². The lowest BCUT2D eigenvalue weighted by Crippen LogP contribution is -2.40. The lowest BCUT2D eigenvalue weighted by atomic mass is 9.79. The number of benzene rings is 1. The van der Waals surface area contributed by atoms with Gasteiger partial charge in [0.1, 0.15) is 11.4 Å². The van der Waals surface area contributed by atoms with Gasteiger partial charge in [0.05, 0.1) is 12.1 Å². The molecule has 0 aliphatic heterocycles. The summed E-state index contributed by atoms with van der Waals surface area (Å²) in [6.45, 7) is 0. The topological polar surface area (TPSA) is 46.5 Å². The molecular formula is C14H17ClO3. The number of hydrogen-bond donors (Lipinski definition) is 1. The van der Waals surface area contributed by atoms with Crippen LogP contribution in [0.15, 0.2) is 18.2 Å². The van der Waals surface area contributed by atoms with E-state index in [1.54, 1.807) is 18.2 Å². The first-order chi connectivity index (χ1) is 8.57. The molecule has 0 aromatic heterocycles. The van der Waals surface area contributed by atoms with Crippen LogP contribution < -0.4 is 4.74 Å². The second-order valence-electron chi connectivity index (χ2n) is 4.77. The predicted molar refractivity (Wildman–Crippen MR) is 70.4 cm³/mol.